The van der Waals surface area contributed by atoms with Crippen molar-refractivity contribution in [2.45, 2.75) is 13.1 Å². The Morgan fingerprint density at radius 2 is 1.82 bits per heavy atom. The second kappa shape index (κ2) is 5.52. The Morgan fingerprint density at radius 1 is 1.14 bits per heavy atom. The molecule has 3 rings (SSSR count). The van der Waals surface area contributed by atoms with Crippen LogP contribution in [0.15, 0.2) is 48.5 Å². The summed E-state index contributed by atoms with van der Waals surface area (Å²) in [6.45, 7) is 1.47. The van der Waals surface area contributed by atoms with Crippen LogP contribution in [-0.4, -0.2) is 18.9 Å². The first kappa shape index (κ1) is 14.1. The molecule has 2 aromatic carbocycles. The summed E-state index contributed by atoms with van der Waals surface area (Å²) in [4.78, 5) is 25.3. The van der Waals surface area contributed by atoms with Gasteiger partial charge < -0.3 is 15.5 Å². The van der Waals surface area contributed by atoms with Gasteiger partial charge in [0, 0.05) is 19.7 Å². The fraction of sp³-hybridized carbons (Fsp3) is 0.176. The first-order valence-corrected chi connectivity index (χ1v) is 7.06. The van der Waals surface area contributed by atoms with Crippen LogP contribution in [0.2, 0.25) is 0 Å². The third-order valence-corrected chi connectivity index (χ3v) is 3.73. The van der Waals surface area contributed by atoms with E-state index in [2.05, 4.69) is 10.6 Å². The lowest BCUT2D eigenvalue weighted by Gasteiger charge is -2.36. The fourth-order valence-electron chi connectivity index (χ4n) is 2.67. The summed E-state index contributed by atoms with van der Waals surface area (Å²) in [5.41, 5.74) is 3.28. The molecule has 1 aliphatic rings. The molecule has 0 radical (unpaired) electrons. The van der Waals surface area contributed by atoms with Crippen LogP contribution in [0.4, 0.5) is 11.4 Å². The highest BCUT2D eigenvalue weighted by molar-refractivity contribution is 6.02. The van der Waals surface area contributed by atoms with Gasteiger partial charge in [0.1, 0.15) is 6.17 Å². The highest BCUT2D eigenvalue weighted by atomic mass is 16.2. The summed E-state index contributed by atoms with van der Waals surface area (Å²) in [5.74, 6) is -0.186. The Morgan fingerprint density at radius 3 is 2.50 bits per heavy atom. The van der Waals surface area contributed by atoms with Crippen molar-refractivity contribution in [3.8, 4) is 0 Å². The van der Waals surface area contributed by atoms with Gasteiger partial charge in [0.05, 0.1) is 11.3 Å². The van der Waals surface area contributed by atoms with Gasteiger partial charge in [-0.1, -0.05) is 24.3 Å². The SMILES string of the molecule is CC(=O)Nc1ccc([C@@H]2NC(=O)c3ccccc3N2C)cc1. The van der Waals surface area contributed by atoms with Crippen LogP contribution in [0.5, 0.6) is 0 Å². The Hall–Kier alpha value is -2.82. The molecule has 5 heteroatoms. The van der Waals surface area contributed by atoms with Crippen molar-refractivity contribution in [1.82, 2.24) is 5.32 Å². The van der Waals surface area contributed by atoms with Crippen LogP contribution in [0.3, 0.4) is 0 Å². The second-order valence-corrected chi connectivity index (χ2v) is 5.31. The van der Waals surface area contributed by atoms with E-state index in [9.17, 15) is 9.59 Å². The number of fused-ring (bicyclic) bond motifs is 1. The van der Waals surface area contributed by atoms with Crippen LogP contribution in [0.1, 0.15) is 29.0 Å². The molecule has 2 N–H and O–H groups in total. The number of anilines is 2. The average Bonchev–Trinajstić information content (AvgIpc) is 2.51. The van der Waals surface area contributed by atoms with Gasteiger partial charge in [-0.3, -0.25) is 9.59 Å². The number of amides is 2. The van der Waals surface area contributed by atoms with E-state index in [4.69, 9.17) is 0 Å². The molecule has 0 saturated heterocycles. The lowest BCUT2D eigenvalue weighted by molar-refractivity contribution is -0.114. The molecule has 0 saturated carbocycles. The van der Waals surface area contributed by atoms with Crippen molar-refractivity contribution in [3.05, 3.63) is 59.7 Å². The molecule has 0 fully saturated rings. The second-order valence-electron chi connectivity index (χ2n) is 5.31. The molecule has 2 aromatic rings. The largest absolute Gasteiger partial charge is 0.350 e. The van der Waals surface area contributed by atoms with Crippen molar-refractivity contribution >= 4 is 23.2 Å². The highest BCUT2D eigenvalue weighted by Crippen LogP contribution is 2.31. The van der Waals surface area contributed by atoms with Crippen molar-refractivity contribution in [2.24, 2.45) is 0 Å². The maximum Gasteiger partial charge on any atom is 0.255 e. The molecule has 112 valence electrons. The minimum atomic E-state index is -0.228. The quantitative estimate of drug-likeness (QED) is 0.895. The van der Waals surface area contributed by atoms with Gasteiger partial charge in [0.2, 0.25) is 5.91 Å². The summed E-state index contributed by atoms with van der Waals surface area (Å²) in [5, 5.41) is 5.73. The Balaban J connectivity index is 1.90. The molecule has 5 nitrogen and oxygen atoms in total. The molecule has 2 amide bonds. The molecular weight excluding hydrogens is 278 g/mol. The monoisotopic (exact) mass is 295 g/mol. The van der Waals surface area contributed by atoms with Gasteiger partial charge in [0.15, 0.2) is 0 Å². The number of hydrogen-bond acceptors (Lipinski definition) is 3. The van der Waals surface area contributed by atoms with E-state index in [1.165, 1.54) is 6.92 Å². The van der Waals surface area contributed by atoms with E-state index in [0.717, 1.165) is 16.9 Å². The predicted octanol–water partition coefficient (Wildman–Crippen LogP) is 2.52. The van der Waals surface area contributed by atoms with Crippen molar-refractivity contribution < 1.29 is 9.59 Å². The standard InChI is InChI=1S/C17H17N3O2/c1-11(21)18-13-9-7-12(8-10-13)16-19-17(22)14-5-3-4-6-15(14)20(16)2/h3-10,16H,1-2H3,(H,18,21)(H,19,22)/t16-/m1/s1. The van der Waals surface area contributed by atoms with Gasteiger partial charge in [0.25, 0.3) is 5.91 Å². The summed E-state index contributed by atoms with van der Waals surface area (Å²) in [6, 6.07) is 15.0. The van der Waals surface area contributed by atoms with E-state index in [-0.39, 0.29) is 18.0 Å². The maximum atomic E-state index is 12.2. The normalized spacial score (nSPS) is 16.7. The number of carbonyl (C=O) groups excluding carboxylic acids is 2. The van der Waals surface area contributed by atoms with E-state index < -0.39 is 0 Å². The van der Waals surface area contributed by atoms with E-state index in [1.807, 2.05) is 60.5 Å². The van der Waals surface area contributed by atoms with Crippen molar-refractivity contribution in [1.29, 1.82) is 0 Å². The fourth-order valence-corrected chi connectivity index (χ4v) is 2.67. The minimum absolute atomic E-state index is 0.0790. The van der Waals surface area contributed by atoms with E-state index >= 15 is 0 Å². The van der Waals surface area contributed by atoms with Gasteiger partial charge in [-0.25, -0.2) is 0 Å². The zero-order valence-corrected chi connectivity index (χ0v) is 12.5. The maximum absolute atomic E-state index is 12.2. The van der Waals surface area contributed by atoms with Crippen LogP contribution >= 0.6 is 0 Å². The number of carbonyl (C=O) groups is 2. The molecular formula is C17H17N3O2. The molecule has 1 aliphatic heterocycles. The third kappa shape index (κ3) is 2.53. The zero-order valence-electron chi connectivity index (χ0n) is 12.5. The molecule has 0 bridgehead atoms. The molecule has 0 spiro atoms. The lowest BCUT2D eigenvalue weighted by Crippen LogP contribution is -2.44. The van der Waals surface area contributed by atoms with Gasteiger partial charge in [-0.2, -0.15) is 0 Å². The summed E-state index contributed by atoms with van der Waals surface area (Å²) in [7, 11) is 1.95. The van der Waals surface area contributed by atoms with E-state index in [1.54, 1.807) is 0 Å². The summed E-state index contributed by atoms with van der Waals surface area (Å²) in [6.07, 6.45) is -0.228. The third-order valence-electron chi connectivity index (χ3n) is 3.73. The average molecular weight is 295 g/mol. The van der Waals surface area contributed by atoms with Gasteiger partial charge in [-0.15, -0.1) is 0 Å². The first-order chi connectivity index (χ1) is 10.6. The van der Waals surface area contributed by atoms with E-state index in [0.29, 0.717) is 5.56 Å². The van der Waals surface area contributed by atoms with Crippen LogP contribution in [0.25, 0.3) is 0 Å². The topological polar surface area (TPSA) is 61.4 Å². The number of nitrogens with one attached hydrogen (secondary N) is 2. The number of rotatable bonds is 2. The highest BCUT2D eigenvalue weighted by Gasteiger charge is 2.28. The molecule has 0 aromatic heterocycles. The molecule has 1 heterocycles. The number of benzene rings is 2. The Bertz CT molecular complexity index is 725. The minimum Gasteiger partial charge on any atom is -0.350 e. The molecule has 0 aliphatic carbocycles. The number of para-hydroxylation sites is 1. The van der Waals surface area contributed by atoms with Crippen LogP contribution in [0, 0.1) is 0 Å². The predicted molar refractivity (Wildman–Crippen MR) is 85.8 cm³/mol. The Kier molecular flexibility index (Phi) is 3.55. The first-order valence-electron chi connectivity index (χ1n) is 7.06. The number of hydrogen-bond donors (Lipinski definition) is 2. The zero-order chi connectivity index (χ0) is 15.7. The summed E-state index contributed by atoms with van der Waals surface area (Å²) >= 11 is 0. The van der Waals surface area contributed by atoms with Gasteiger partial charge >= 0.3 is 0 Å². The lowest BCUT2D eigenvalue weighted by atomic mass is 10.0. The molecule has 1 atom stereocenters. The summed E-state index contributed by atoms with van der Waals surface area (Å²) < 4.78 is 0. The van der Waals surface area contributed by atoms with Crippen LogP contribution < -0.4 is 15.5 Å². The van der Waals surface area contributed by atoms with Crippen LogP contribution in [-0.2, 0) is 4.79 Å². The van der Waals surface area contributed by atoms with Crippen molar-refractivity contribution in [2.75, 3.05) is 17.3 Å². The molecule has 22 heavy (non-hydrogen) atoms. The Labute approximate surface area is 128 Å². The smallest absolute Gasteiger partial charge is 0.255 e. The molecule has 0 unspecified atom stereocenters. The number of nitrogens with zero attached hydrogens (tertiary/aromatic N) is 1. The van der Waals surface area contributed by atoms with Crippen molar-refractivity contribution in [3.63, 3.8) is 0 Å². The van der Waals surface area contributed by atoms with Gasteiger partial charge in [-0.05, 0) is 29.8 Å².